The first kappa shape index (κ1) is 42.2. The number of nitrogens with one attached hydrogen (secondary N) is 1. The quantitative estimate of drug-likeness (QED) is 0.0624. The molecule has 13 heteroatoms. The van der Waals surface area contributed by atoms with Crippen molar-refractivity contribution in [3.8, 4) is 5.75 Å². The molecular weight excluding hydrogens is 725 g/mol. The Labute approximate surface area is 334 Å². The molecule has 0 aliphatic rings. The zero-order valence-electron chi connectivity index (χ0n) is 34.3. The van der Waals surface area contributed by atoms with Gasteiger partial charge in [-0.2, -0.15) is 0 Å². The summed E-state index contributed by atoms with van der Waals surface area (Å²) in [6.45, 7) is 18.3. The highest BCUT2D eigenvalue weighted by molar-refractivity contribution is 5.84. The molecule has 5 rings (SSSR count). The number of pyridine rings is 1. The van der Waals surface area contributed by atoms with Crippen molar-refractivity contribution < 1.29 is 32.8 Å². The van der Waals surface area contributed by atoms with E-state index in [1.54, 1.807) is 64.4 Å². The van der Waals surface area contributed by atoms with Crippen molar-refractivity contribution in [3.63, 3.8) is 0 Å². The highest BCUT2D eigenvalue weighted by Gasteiger charge is 2.29. The van der Waals surface area contributed by atoms with Gasteiger partial charge in [0, 0.05) is 61.7 Å². The van der Waals surface area contributed by atoms with E-state index in [-0.39, 0.29) is 18.7 Å². The molecule has 0 spiro atoms. The van der Waals surface area contributed by atoms with Crippen LogP contribution in [0.5, 0.6) is 5.75 Å². The molecule has 1 atom stereocenters. The number of alkyl carbamates (subject to hydrolysis) is 1. The van der Waals surface area contributed by atoms with Gasteiger partial charge in [0.1, 0.15) is 47.4 Å². The molecule has 57 heavy (non-hydrogen) atoms. The molecule has 3 aromatic heterocycles. The van der Waals surface area contributed by atoms with Crippen LogP contribution >= 0.6 is 0 Å². The molecular formula is C44H55N6O7+. The van der Waals surface area contributed by atoms with Gasteiger partial charge in [0.2, 0.25) is 0 Å². The molecule has 2 aromatic carbocycles. The molecule has 0 fully saturated rings. The number of carbonyl (C=O) groups excluding carboxylic acids is 2. The molecule has 13 nitrogen and oxygen atoms in total. The first-order chi connectivity index (χ1) is 27.1. The van der Waals surface area contributed by atoms with Crippen molar-refractivity contribution in [3.05, 3.63) is 112 Å². The molecule has 0 saturated heterocycles. The summed E-state index contributed by atoms with van der Waals surface area (Å²) in [6, 6.07) is 18.2. The predicted molar refractivity (Wildman–Crippen MR) is 220 cm³/mol. The molecule has 5 aromatic rings. The van der Waals surface area contributed by atoms with Gasteiger partial charge < -0.3 is 28.8 Å². The number of aromatic nitrogens is 4. The summed E-state index contributed by atoms with van der Waals surface area (Å²) < 4.78 is 26.4. The first-order valence-electron chi connectivity index (χ1n) is 19.4. The molecule has 1 N–H and O–H groups in total. The van der Waals surface area contributed by atoms with Crippen LogP contribution in [0, 0.1) is 0 Å². The molecule has 1 unspecified atom stereocenters. The molecule has 1 amide bonds. The van der Waals surface area contributed by atoms with E-state index in [9.17, 15) is 14.4 Å². The summed E-state index contributed by atoms with van der Waals surface area (Å²) in [5.74, 6) is 0.0824. The molecule has 302 valence electrons. The van der Waals surface area contributed by atoms with E-state index in [1.807, 2.05) is 67.1 Å². The monoisotopic (exact) mass is 779 g/mol. The van der Waals surface area contributed by atoms with Crippen LogP contribution in [-0.2, 0) is 40.4 Å². The number of rotatable bonds is 16. The molecule has 3 heterocycles. The highest BCUT2D eigenvalue weighted by Crippen LogP contribution is 2.23. The van der Waals surface area contributed by atoms with E-state index in [2.05, 4.69) is 45.0 Å². The summed E-state index contributed by atoms with van der Waals surface area (Å²) in [6.07, 6.45) is 9.96. The Morgan fingerprint density at radius 2 is 1.63 bits per heavy atom. The van der Waals surface area contributed by atoms with Crippen molar-refractivity contribution >= 4 is 40.9 Å². The van der Waals surface area contributed by atoms with Gasteiger partial charge in [-0.15, -0.1) is 5.10 Å². The number of anilines is 1. The minimum atomic E-state index is -0.930. The SMILES string of the molecule is CCN(CC)c1ccc2cc(/C=C/c3cc[n+](CCCn4cc(COc5ccc(CC(NC(=O)OC(C)(C)C)C(=O)OC(C)(C)C)cc5)nn4)cc3)c(=O)oc2c1. The second-order valence-electron chi connectivity index (χ2n) is 15.8. The lowest BCUT2D eigenvalue weighted by Crippen LogP contribution is -2.47. The fourth-order valence-electron chi connectivity index (χ4n) is 5.99. The summed E-state index contributed by atoms with van der Waals surface area (Å²) in [4.78, 5) is 40.3. The van der Waals surface area contributed by atoms with E-state index >= 15 is 0 Å². The number of aryl methyl sites for hydroxylation is 2. The number of nitrogens with zero attached hydrogens (tertiary/aromatic N) is 5. The largest absolute Gasteiger partial charge is 0.487 e. The van der Waals surface area contributed by atoms with Crippen LogP contribution in [0.15, 0.2) is 88.5 Å². The van der Waals surface area contributed by atoms with E-state index in [0.29, 0.717) is 29.1 Å². The van der Waals surface area contributed by atoms with Gasteiger partial charge in [-0.3, -0.25) is 4.68 Å². The Morgan fingerprint density at radius 1 is 0.930 bits per heavy atom. The molecule has 0 aliphatic carbocycles. The third kappa shape index (κ3) is 13.0. The summed E-state index contributed by atoms with van der Waals surface area (Å²) in [5.41, 5.74) is 2.81. The van der Waals surface area contributed by atoms with Crippen molar-refractivity contribution in [1.82, 2.24) is 20.3 Å². The summed E-state index contributed by atoms with van der Waals surface area (Å²) >= 11 is 0. The van der Waals surface area contributed by atoms with Gasteiger partial charge in [0.25, 0.3) is 0 Å². The molecule has 0 saturated carbocycles. The van der Waals surface area contributed by atoms with E-state index in [1.165, 1.54) is 0 Å². The van der Waals surface area contributed by atoms with Crippen molar-refractivity contribution in [2.45, 2.75) is 105 Å². The number of carbonyl (C=O) groups is 2. The van der Waals surface area contributed by atoms with E-state index in [4.69, 9.17) is 18.6 Å². The number of benzene rings is 2. The Bertz CT molecular complexity index is 2190. The Hall–Kier alpha value is -5.98. The number of hydrogen-bond acceptors (Lipinski definition) is 10. The lowest BCUT2D eigenvalue weighted by atomic mass is 10.1. The Kier molecular flexibility index (Phi) is 13.9. The van der Waals surface area contributed by atoms with Crippen LogP contribution < -0.4 is 25.1 Å². The van der Waals surface area contributed by atoms with Crippen molar-refractivity contribution in [2.24, 2.45) is 0 Å². The lowest BCUT2D eigenvalue weighted by molar-refractivity contribution is -0.697. The van der Waals surface area contributed by atoms with Gasteiger partial charge in [-0.1, -0.05) is 23.4 Å². The Morgan fingerprint density at radius 3 is 2.30 bits per heavy atom. The van der Waals surface area contributed by atoms with Gasteiger partial charge in [0.15, 0.2) is 12.4 Å². The van der Waals surface area contributed by atoms with Crippen LogP contribution in [0.25, 0.3) is 23.1 Å². The van der Waals surface area contributed by atoms with Crippen LogP contribution in [0.4, 0.5) is 10.5 Å². The normalized spacial score (nSPS) is 12.4. The zero-order chi connectivity index (χ0) is 41.2. The van der Waals surface area contributed by atoms with Gasteiger partial charge in [-0.05, 0) is 103 Å². The maximum atomic E-state index is 12.9. The average molecular weight is 780 g/mol. The van der Waals surface area contributed by atoms with Crippen LogP contribution in [-0.4, -0.2) is 57.4 Å². The van der Waals surface area contributed by atoms with Gasteiger partial charge in [-0.25, -0.2) is 19.0 Å². The number of esters is 1. The number of ether oxygens (including phenoxy) is 3. The molecule has 0 bridgehead atoms. The predicted octanol–water partition coefficient (Wildman–Crippen LogP) is 7.14. The molecule has 0 aliphatic heterocycles. The second-order valence-corrected chi connectivity index (χ2v) is 15.8. The third-order valence-electron chi connectivity index (χ3n) is 8.77. The van der Waals surface area contributed by atoms with Crippen LogP contribution in [0.2, 0.25) is 0 Å². The summed E-state index contributed by atoms with van der Waals surface area (Å²) in [5, 5.41) is 12.0. The topological polar surface area (TPSA) is 142 Å². The van der Waals surface area contributed by atoms with Crippen LogP contribution in [0.1, 0.15) is 84.2 Å². The number of amides is 1. The lowest BCUT2D eigenvalue weighted by Gasteiger charge is -2.26. The first-order valence-corrected chi connectivity index (χ1v) is 19.4. The zero-order valence-corrected chi connectivity index (χ0v) is 34.3. The maximum Gasteiger partial charge on any atom is 0.408 e. The highest BCUT2D eigenvalue weighted by atomic mass is 16.6. The third-order valence-corrected chi connectivity index (χ3v) is 8.77. The maximum absolute atomic E-state index is 12.9. The standard InChI is InChI=1S/C44H54N6O7/c1-9-49(10-2)36-17-16-33-27-34(40(51)55-39(33)28-36)15-12-31-20-24-48(25-21-31)22-11-23-50-29-35(46-47-50)30-54-37-18-13-32(14-19-37)26-38(41(52)56-43(3,4)5)45-42(53)57-44(6,7)8/h12-21,24-25,27-29,38H,9-11,22-23,26,30H2,1-8H3/p+1. The average Bonchev–Trinajstić information content (AvgIpc) is 3.60. The Balaban J connectivity index is 1.08. The minimum absolute atomic E-state index is 0.215. The minimum Gasteiger partial charge on any atom is -0.487 e. The summed E-state index contributed by atoms with van der Waals surface area (Å²) in [7, 11) is 0. The fraction of sp³-hybridized carbons (Fsp3) is 0.409. The number of fused-ring (bicyclic) bond motifs is 1. The van der Waals surface area contributed by atoms with Crippen LogP contribution in [0.3, 0.4) is 0 Å². The molecule has 0 radical (unpaired) electrons. The van der Waals surface area contributed by atoms with E-state index < -0.39 is 29.3 Å². The van der Waals surface area contributed by atoms with E-state index in [0.717, 1.165) is 48.3 Å². The number of hydrogen-bond donors (Lipinski definition) is 1. The second kappa shape index (κ2) is 18.8. The van der Waals surface area contributed by atoms with Crippen molar-refractivity contribution in [1.29, 1.82) is 0 Å². The smallest absolute Gasteiger partial charge is 0.408 e. The fourth-order valence-corrected chi connectivity index (χ4v) is 5.99. The van der Waals surface area contributed by atoms with Gasteiger partial charge >= 0.3 is 17.7 Å². The van der Waals surface area contributed by atoms with Crippen molar-refractivity contribution in [2.75, 3.05) is 18.0 Å². The van der Waals surface area contributed by atoms with Gasteiger partial charge in [0.05, 0.1) is 11.8 Å².